The molecule has 1 aromatic heterocycles. The van der Waals surface area contributed by atoms with Gasteiger partial charge in [0.1, 0.15) is 0 Å². The number of nitrogens with two attached hydrogens (primary N) is 1. The molecule has 2 N–H and O–H groups in total. The summed E-state index contributed by atoms with van der Waals surface area (Å²) >= 11 is 0. The first kappa shape index (κ1) is 13.4. The summed E-state index contributed by atoms with van der Waals surface area (Å²) in [6.45, 7) is 2.31. The first-order valence-corrected chi connectivity index (χ1v) is 5.93. The molecule has 0 aliphatic heterocycles. The van der Waals surface area contributed by atoms with E-state index in [0.717, 1.165) is 17.0 Å². The van der Waals surface area contributed by atoms with Gasteiger partial charge in [0.05, 0.1) is 20.8 Å². The Balaban J connectivity index is 2.58. The van der Waals surface area contributed by atoms with Crippen LogP contribution in [0.25, 0.3) is 11.4 Å². The zero-order chi connectivity index (χ0) is 14.0. The lowest BCUT2D eigenvalue weighted by Gasteiger charge is -2.12. The molecule has 102 valence electrons. The maximum Gasteiger partial charge on any atom is 0.164 e. The predicted molar refractivity (Wildman–Crippen MR) is 72.2 cm³/mol. The summed E-state index contributed by atoms with van der Waals surface area (Å²) in [5, 5.41) is 4.25. The second-order valence-electron chi connectivity index (χ2n) is 4.20. The number of aromatic nitrogens is 3. The number of nitrogens with zero attached hydrogens (tertiary/aromatic N) is 3. The van der Waals surface area contributed by atoms with E-state index in [-0.39, 0.29) is 0 Å². The normalized spacial score (nSPS) is 10.6. The molecule has 0 bridgehead atoms. The maximum atomic E-state index is 5.57. The van der Waals surface area contributed by atoms with Crippen molar-refractivity contribution in [1.82, 2.24) is 14.8 Å². The fourth-order valence-corrected chi connectivity index (χ4v) is 1.98. The molecule has 1 aromatic carbocycles. The maximum absolute atomic E-state index is 5.57. The van der Waals surface area contributed by atoms with Gasteiger partial charge in [-0.2, -0.15) is 5.10 Å². The number of benzene rings is 1. The average Bonchev–Trinajstić information content (AvgIpc) is 2.79. The third kappa shape index (κ3) is 2.39. The molecule has 0 fully saturated rings. The molecule has 0 saturated carbocycles. The molecule has 0 aliphatic rings. The van der Waals surface area contributed by atoms with Crippen LogP contribution in [0.1, 0.15) is 11.4 Å². The van der Waals surface area contributed by atoms with E-state index in [2.05, 4.69) is 10.1 Å². The minimum absolute atomic E-state index is 0.320. The molecule has 0 atom stereocenters. The van der Waals surface area contributed by atoms with Crippen LogP contribution in [0.15, 0.2) is 12.1 Å². The van der Waals surface area contributed by atoms with Gasteiger partial charge in [-0.05, 0) is 24.6 Å². The Bertz CT molecular complexity index is 593. The molecule has 0 unspecified atom stereocenters. The topological polar surface area (TPSA) is 75.2 Å². The fourth-order valence-electron chi connectivity index (χ4n) is 1.98. The van der Waals surface area contributed by atoms with Crippen molar-refractivity contribution in [2.45, 2.75) is 13.5 Å². The van der Waals surface area contributed by atoms with Gasteiger partial charge in [-0.25, -0.2) is 9.67 Å². The van der Waals surface area contributed by atoms with E-state index in [4.69, 9.17) is 15.2 Å². The third-order valence-electron chi connectivity index (χ3n) is 2.96. The SMILES string of the molecule is COc1cc(C)c(-c2nc(CN)nn2C)cc1OC. The zero-order valence-electron chi connectivity index (χ0n) is 11.6. The number of aryl methyl sites for hydroxylation is 2. The Morgan fingerprint density at radius 3 is 2.37 bits per heavy atom. The van der Waals surface area contributed by atoms with Crippen molar-refractivity contribution in [2.24, 2.45) is 12.8 Å². The summed E-state index contributed by atoms with van der Waals surface area (Å²) in [4.78, 5) is 4.42. The highest BCUT2D eigenvalue weighted by molar-refractivity contribution is 5.66. The molecule has 0 aliphatic carbocycles. The van der Waals surface area contributed by atoms with Crippen molar-refractivity contribution >= 4 is 0 Å². The highest BCUT2D eigenvalue weighted by Crippen LogP contribution is 2.34. The Morgan fingerprint density at radius 2 is 1.84 bits per heavy atom. The van der Waals surface area contributed by atoms with Crippen LogP contribution in [0.4, 0.5) is 0 Å². The monoisotopic (exact) mass is 262 g/mol. The second kappa shape index (κ2) is 5.27. The quantitative estimate of drug-likeness (QED) is 0.898. The Labute approximate surface area is 112 Å². The van der Waals surface area contributed by atoms with Crippen molar-refractivity contribution in [2.75, 3.05) is 14.2 Å². The number of hydrogen-bond acceptors (Lipinski definition) is 5. The minimum atomic E-state index is 0.320. The summed E-state index contributed by atoms with van der Waals surface area (Å²) < 4.78 is 12.3. The van der Waals surface area contributed by atoms with Gasteiger partial charge >= 0.3 is 0 Å². The van der Waals surface area contributed by atoms with Crippen LogP contribution in [0.3, 0.4) is 0 Å². The van der Waals surface area contributed by atoms with E-state index >= 15 is 0 Å². The van der Waals surface area contributed by atoms with Gasteiger partial charge in [-0.3, -0.25) is 0 Å². The van der Waals surface area contributed by atoms with E-state index < -0.39 is 0 Å². The van der Waals surface area contributed by atoms with Gasteiger partial charge in [0.15, 0.2) is 23.1 Å². The second-order valence-corrected chi connectivity index (χ2v) is 4.20. The van der Waals surface area contributed by atoms with Gasteiger partial charge in [0, 0.05) is 12.6 Å². The molecule has 0 amide bonds. The van der Waals surface area contributed by atoms with Crippen LogP contribution < -0.4 is 15.2 Å². The molecule has 6 nitrogen and oxygen atoms in total. The number of methoxy groups -OCH3 is 2. The summed E-state index contributed by atoms with van der Waals surface area (Å²) in [5.74, 6) is 2.75. The highest BCUT2D eigenvalue weighted by Gasteiger charge is 2.15. The molecule has 19 heavy (non-hydrogen) atoms. The van der Waals surface area contributed by atoms with E-state index in [0.29, 0.717) is 23.9 Å². The molecular formula is C13H18N4O2. The number of ether oxygens (including phenoxy) is 2. The van der Waals surface area contributed by atoms with Gasteiger partial charge in [0.2, 0.25) is 0 Å². The minimum Gasteiger partial charge on any atom is -0.493 e. The number of rotatable bonds is 4. The smallest absolute Gasteiger partial charge is 0.164 e. The van der Waals surface area contributed by atoms with Crippen molar-refractivity contribution < 1.29 is 9.47 Å². The first-order chi connectivity index (χ1) is 9.10. The first-order valence-electron chi connectivity index (χ1n) is 5.93. The standard InChI is InChI=1S/C13H18N4O2/c1-8-5-10(18-3)11(19-4)6-9(8)13-15-12(7-14)16-17(13)2/h5-6H,7,14H2,1-4H3. The Kier molecular flexibility index (Phi) is 3.71. The summed E-state index contributed by atoms with van der Waals surface area (Å²) in [5.41, 5.74) is 7.56. The molecule has 0 radical (unpaired) electrons. The van der Waals surface area contributed by atoms with E-state index in [9.17, 15) is 0 Å². The van der Waals surface area contributed by atoms with Crippen molar-refractivity contribution in [3.63, 3.8) is 0 Å². The van der Waals surface area contributed by atoms with E-state index in [1.165, 1.54) is 0 Å². The van der Waals surface area contributed by atoms with Crippen LogP contribution in [0.5, 0.6) is 11.5 Å². The summed E-state index contributed by atoms with van der Waals surface area (Å²) in [7, 11) is 5.07. The number of hydrogen-bond donors (Lipinski definition) is 1. The molecule has 1 heterocycles. The van der Waals surface area contributed by atoms with Gasteiger partial charge in [-0.1, -0.05) is 0 Å². The molecular weight excluding hydrogens is 244 g/mol. The van der Waals surface area contributed by atoms with Crippen LogP contribution >= 0.6 is 0 Å². The Hall–Kier alpha value is -2.08. The molecule has 2 rings (SSSR count). The Morgan fingerprint density at radius 1 is 1.21 bits per heavy atom. The van der Waals surface area contributed by atoms with E-state index in [1.807, 2.05) is 26.1 Å². The third-order valence-corrected chi connectivity index (χ3v) is 2.96. The van der Waals surface area contributed by atoms with Crippen molar-refractivity contribution in [3.05, 3.63) is 23.5 Å². The largest absolute Gasteiger partial charge is 0.493 e. The zero-order valence-corrected chi connectivity index (χ0v) is 11.6. The van der Waals surface area contributed by atoms with Gasteiger partial charge < -0.3 is 15.2 Å². The fraction of sp³-hybridized carbons (Fsp3) is 0.385. The van der Waals surface area contributed by atoms with Crippen LogP contribution in [0.2, 0.25) is 0 Å². The van der Waals surface area contributed by atoms with Crippen molar-refractivity contribution in [1.29, 1.82) is 0 Å². The highest BCUT2D eigenvalue weighted by atomic mass is 16.5. The van der Waals surface area contributed by atoms with E-state index in [1.54, 1.807) is 18.9 Å². The molecule has 0 saturated heterocycles. The lowest BCUT2D eigenvalue weighted by molar-refractivity contribution is 0.355. The predicted octanol–water partition coefficient (Wildman–Crippen LogP) is 1.27. The molecule has 6 heteroatoms. The van der Waals surface area contributed by atoms with Crippen molar-refractivity contribution in [3.8, 4) is 22.9 Å². The lowest BCUT2D eigenvalue weighted by Crippen LogP contribution is -1.99. The van der Waals surface area contributed by atoms with Crippen LogP contribution in [-0.2, 0) is 13.6 Å². The molecule has 2 aromatic rings. The summed E-state index contributed by atoms with van der Waals surface area (Å²) in [6, 6.07) is 3.82. The summed E-state index contributed by atoms with van der Waals surface area (Å²) in [6.07, 6.45) is 0. The van der Waals surface area contributed by atoms with Crippen LogP contribution in [-0.4, -0.2) is 29.0 Å². The van der Waals surface area contributed by atoms with Gasteiger partial charge in [-0.15, -0.1) is 0 Å². The average molecular weight is 262 g/mol. The van der Waals surface area contributed by atoms with Gasteiger partial charge in [0.25, 0.3) is 0 Å². The lowest BCUT2D eigenvalue weighted by atomic mass is 10.1. The molecule has 0 spiro atoms. The van der Waals surface area contributed by atoms with Crippen LogP contribution in [0, 0.1) is 6.92 Å².